The molecule has 0 amide bonds. The summed E-state index contributed by atoms with van der Waals surface area (Å²) in [5.41, 5.74) is 6.12. The van der Waals surface area contributed by atoms with Gasteiger partial charge in [0.25, 0.3) is 10.0 Å². The second-order valence-corrected chi connectivity index (χ2v) is 7.01. The Bertz CT molecular complexity index is 531. The molecule has 7 heteroatoms. The van der Waals surface area contributed by atoms with E-state index in [0.717, 1.165) is 25.7 Å². The van der Waals surface area contributed by atoms with Crippen LogP contribution in [0.25, 0.3) is 0 Å². The van der Waals surface area contributed by atoms with Crippen molar-refractivity contribution >= 4 is 10.0 Å². The van der Waals surface area contributed by atoms with Crippen LogP contribution in [0.3, 0.4) is 0 Å². The minimum Gasteiger partial charge on any atom is -0.326 e. The SMILES string of the molecule is NCc1cn[nH]c1S(=O)(=O)N(CC1CC1)C1CC1. The van der Waals surface area contributed by atoms with E-state index in [2.05, 4.69) is 10.2 Å². The Hall–Kier alpha value is -0.920. The largest absolute Gasteiger partial charge is 0.326 e. The molecule has 0 unspecified atom stereocenters. The molecule has 1 aromatic rings. The van der Waals surface area contributed by atoms with Crippen LogP contribution >= 0.6 is 0 Å². The minimum atomic E-state index is -3.46. The number of aromatic nitrogens is 2. The van der Waals surface area contributed by atoms with Crippen molar-refractivity contribution in [1.82, 2.24) is 14.5 Å². The molecule has 1 aromatic heterocycles. The molecule has 3 rings (SSSR count). The predicted octanol–water partition coefficient (Wildman–Crippen LogP) is 0.431. The molecule has 6 nitrogen and oxygen atoms in total. The molecule has 0 atom stereocenters. The predicted molar refractivity (Wildman–Crippen MR) is 66.1 cm³/mol. The van der Waals surface area contributed by atoms with Crippen molar-refractivity contribution in [2.75, 3.05) is 6.54 Å². The van der Waals surface area contributed by atoms with Crippen molar-refractivity contribution < 1.29 is 8.42 Å². The van der Waals surface area contributed by atoms with Crippen LogP contribution in [0.4, 0.5) is 0 Å². The molecule has 18 heavy (non-hydrogen) atoms. The molecule has 0 bridgehead atoms. The van der Waals surface area contributed by atoms with Crippen LogP contribution in [0.5, 0.6) is 0 Å². The lowest BCUT2D eigenvalue weighted by Crippen LogP contribution is -2.35. The fourth-order valence-corrected chi connectivity index (χ4v) is 4.03. The molecule has 0 aliphatic heterocycles. The monoisotopic (exact) mass is 270 g/mol. The molecule has 0 spiro atoms. The first-order valence-corrected chi connectivity index (χ1v) is 7.81. The molecule has 0 aromatic carbocycles. The zero-order chi connectivity index (χ0) is 12.8. The van der Waals surface area contributed by atoms with E-state index in [0.29, 0.717) is 18.0 Å². The van der Waals surface area contributed by atoms with E-state index in [-0.39, 0.29) is 17.6 Å². The Balaban J connectivity index is 1.90. The van der Waals surface area contributed by atoms with Crippen LogP contribution in [0.1, 0.15) is 31.2 Å². The molecule has 2 aliphatic rings. The molecule has 1 heterocycles. The van der Waals surface area contributed by atoms with Crippen molar-refractivity contribution in [2.24, 2.45) is 11.7 Å². The second-order valence-electron chi connectivity index (χ2n) is 5.18. The molecular weight excluding hydrogens is 252 g/mol. The molecule has 0 saturated heterocycles. The van der Waals surface area contributed by atoms with E-state index in [9.17, 15) is 8.42 Å². The van der Waals surface area contributed by atoms with Crippen LogP contribution in [0.2, 0.25) is 0 Å². The van der Waals surface area contributed by atoms with Gasteiger partial charge in [0.15, 0.2) is 5.03 Å². The van der Waals surface area contributed by atoms with Gasteiger partial charge in [-0.25, -0.2) is 8.42 Å². The van der Waals surface area contributed by atoms with Gasteiger partial charge >= 0.3 is 0 Å². The highest BCUT2D eigenvalue weighted by atomic mass is 32.2. The lowest BCUT2D eigenvalue weighted by molar-refractivity contribution is 0.386. The number of H-pyrrole nitrogens is 1. The molecule has 2 aliphatic carbocycles. The Morgan fingerprint density at radius 2 is 2.11 bits per heavy atom. The van der Waals surface area contributed by atoms with E-state index in [1.807, 2.05) is 0 Å². The Morgan fingerprint density at radius 1 is 1.39 bits per heavy atom. The normalized spacial score (nSPS) is 20.6. The van der Waals surface area contributed by atoms with Crippen molar-refractivity contribution in [1.29, 1.82) is 0 Å². The number of rotatable bonds is 6. The number of hydrogen-bond acceptors (Lipinski definition) is 4. The highest BCUT2D eigenvalue weighted by molar-refractivity contribution is 7.89. The first kappa shape index (κ1) is 12.1. The number of hydrogen-bond donors (Lipinski definition) is 2. The summed E-state index contributed by atoms with van der Waals surface area (Å²) in [5, 5.41) is 6.58. The maximum atomic E-state index is 12.6. The average Bonchev–Trinajstić information content (AvgIpc) is 3.24. The van der Waals surface area contributed by atoms with Gasteiger partial charge in [-0.05, 0) is 31.6 Å². The number of nitrogens with two attached hydrogens (primary N) is 1. The fraction of sp³-hybridized carbons (Fsp3) is 0.727. The molecule has 2 fully saturated rings. The van der Waals surface area contributed by atoms with Crippen molar-refractivity contribution in [2.45, 2.75) is 43.3 Å². The van der Waals surface area contributed by atoms with E-state index >= 15 is 0 Å². The van der Waals surface area contributed by atoms with E-state index in [4.69, 9.17) is 5.73 Å². The highest BCUT2D eigenvalue weighted by Crippen LogP contribution is 2.38. The summed E-state index contributed by atoms with van der Waals surface area (Å²) in [6.07, 6.45) is 5.72. The molecule has 3 N–H and O–H groups in total. The van der Waals surface area contributed by atoms with Crippen molar-refractivity contribution in [3.63, 3.8) is 0 Å². The van der Waals surface area contributed by atoms with Gasteiger partial charge in [0.05, 0.1) is 6.20 Å². The van der Waals surface area contributed by atoms with Gasteiger partial charge in [-0.1, -0.05) is 0 Å². The summed E-state index contributed by atoms with van der Waals surface area (Å²) < 4.78 is 26.9. The first-order chi connectivity index (χ1) is 8.63. The zero-order valence-corrected chi connectivity index (χ0v) is 11.0. The first-order valence-electron chi connectivity index (χ1n) is 6.37. The summed E-state index contributed by atoms with van der Waals surface area (Å²) in [4.78, 5) is 0. The Labute approximate surface area is 107 Å². The third-order valence-corrected chi connectivity index (χ3v) is 5.49. The van der Waals surface area contributed by atoms with Crippen molar-refractivity contribution in [3.05, 3.63) is 11.8 Å². The number of nitrogens with zero attached hydrogens (tertiary/aromatic N) is 2. The van der Waals surface area contributed by atoms with Crippen molar-refractivity contribution in [3.8, 4) is 0 Å². The maximum absolute atomic E-state index is 12.6. The second kappa shape index (κ2) is 4.32. The standard InChI is InChI=1S/C11H18N4O2S/c12-5-9-6-13-14-11(9)18(16,17)15(10-3-4-10)7-8-1-2-8/h6,8,10H,1-5,7,12H2,(H,13,14). The smallest absolute Gasteiger partial charge is 0.260 e. The van der Waals surface area contributed by atoms with Crippen LogP contribution in [0.15, 0.2) is 11.2 Å². The van der Waals surface area contributed by atoms with E-state index < -0.39 is 10.0 Å². The molecule has 0 radical (unpaired) electrons. The highest BCUT2D eigenvalue weighted by Gasteiger charge is 2.42. The van der Waals surface area contributed by atoms with Gasteiger partial charge in [0, 0.05) is 24.7 Å². The summed E-state index contributed by atoms with van der Waals surface area (Å²) >= 11 is 0. The van der Waals surface area contributed by atoms with Crippen LogP contribution < -0.4 is 5.73 Å². The lowest BCUT2D eigenvalue weighted by atomic mass is 10.4. The van der Waals surface area contributed by atoms with Gasteiger partial charge in [-0.3, -0.25) is 5.10 Å². The summed E-state index contributed by atoms with van der Waals surface area (Å²) in [7, 11) is -3.46. The molecular formula is C11H18N4O2S. The summed E-state index contributed by atoms with van der Waals surface area (Å²) in [6.45, 7) is 0.836. The van der Waals surface area contributed by atoms with E-state index in [1.54, 1.807) is 4.31 Å². The Morgan fingerprint density at radius 3 is 2.67 bits per heavy atom. The summed E-state index contributed by atoms with van der Waals surface area (Å²) in [5.74, 6) is 0.546. The van der Waals surface area contributed by atoms with Gasteiger partial charge in [-0.15, -0.1) is 0 Å². The minimum absolute atomic E-state index is 0.178. The lowest BCUT2D eigenvalue weighted by Gasteiger charge is -2.21. The summed E-state index contributed by atoms with van der Waals surface area (Å²) in [6, 6.07) is 0.185. The number of aromatic amines is 1. The number of sulfonamides is 1. The van der Waals surface area contributed by atoms with E-state index in [1.165, 1.54) is 6.20 Å². The Kier molecular flexibility index (Phi) is 2.91. The fourth-order valence-electron chi connectivity index (χ4n) is 2.15. The van der Waals surface area contributed by atoms with Gasteiger partial charge in [-0.2, -0.15) is 9.40 Å². The quantitative estimate of drug-likeness (QED) is 0.784. The van der Waals surface area contributed by atoms with Crippen LogP contribution in [-0.2, 0) is 16.6 Å². The number of nitrogens with one attached hydrogen (secondary N) is 1. The third kappa shape index (κ3) is 2.17. The maximum Gasteiger partial charge on any atom is 0.260 e. The third-order valence-electron chi connectivity index (χ3n) is 3.55. The van der Waals surface area contributed by atoms with Gasteiger partial charge < -0.3 is 5.73 Å². The molecule has 100 valence electrons. The topological polar surface area (TPSA) is 92.1 Å². The zero-order valence-electron chi connectivity index (χ0n) is 10.2. The van der Waals surface area contributed by atoms with Crippen LogP contribution in [0, 0.1) is 5.92 Å². The van der Waals surface area contributed by atoms with Crippen LogP contribution in [-0.4, -0.2) is 35.5 Å². The average molecular weight is 270 g/mol. The molecule has 2 saturated carbocycles. The van der Waals surface area contributed by atoms with Gasteiger partial charge in [0.2, 0.25) is 0 Å². The van der Waals surface area contributed by atoms with Gasteiger partial charge in [0.1, 0.15) is 0 Å².